The maximum absolute atomic E-state index is 12.6. The topological polar surface area (TPSA) is 113 Å². The molecule has 0 aliphatic carbocycles. The number of hydrogen-bond donors (Lipinski definition) is 3. The third-order valence-electron chi connectivity index (χ3n) is 4.19. The van der Waals surface area contributed by atoms with Crippen LogP contribution in [0.25, 0.3) is 0 Å². The van der Waals surface area contributed by atoms with Crippen LogP contribution in [-0.2, 0) is 16.0 Å². The second-order valence-corrected chi connectivity index (χ2v) is 6.13. The fourth-order valence-electron chi connectivity index (χ4n) is 2.99. The first kappa shape index (κ1) is 17.7. The van der Waals surface area contributed by atoms with Crippen molar-refractivity contribution in [2.45, 2.75) is 25.7 Å². The Balaban J connectivity index is 1.70. The minimum atomic E-state index is -0.585. The molecule has 2 amide bonds. The molecule has 1 atom stereocenters. The van der Waals surface area contributed by atoms with E-state index in [0.717, 1.165) is 5.56 Å². The van der Waals surface area contributed by atoms with E-state index in [4.69, 9.17) is 4.74 Å². The fraction of sp³-hybridized carbons (Fsp3) is 0.333. The first-order valence-electron chi connectivity index (χ1n) is 8.28. The predicted octanol–water partition coefficient (Wildman–Crippen LogP) is 0.872. The van der Waals surface area contributed by atoms with E-state index in [2.05, 4.69) is 20.6 Å². The van der Waals surface area contributed by atoms with E-state index in [-0.39, 0.29) is 23.8 Å². The van der Waals surface area contributed by atoms with Gasteiger partial charge in [0.1, 0.15) is 11.6 Å². The van der Waals surface area contributed by atoms with Gasteiger partial charge >= 0.3 is 0 Å². The SMILES string of the molecule is COc1ccc2c(c1)[C@H](C(=O)NCCc1nc(C)cc(=O)[nH]1)CC(=O)N2. The lowest BCUT2D eigenvalue weighted by atomic mass is 9.89. The molecule has 2 heterocycles. The van der Waals surface area contributed by atoms with Crippen LogP contribution in [0, 0.1) is 6.92 Å². The summed E-state index contributed by atoms with van der Waals surface area (Å²) in [5.41, 5.74) is 1.75. The fourth-order valence-corrected chi connectivity index (χ4v) is 2.99. The summed E-state index contributed by atoms with van der Waals surface area (Å²) in [7, 11) is 1.55. The molecule has 0 saturated heterocycles. The Labute approximate surface area is 150 Å². The first-order chi connectivity index (χ1) is 12.5. The highest BCUT2D eigenvalue weighted by Gasteiger charge is 2.30. The van der Waals surface area contributed by atoms with E-state index >= 15 is 0 Å². The average Bonchev–Trinajstić information content (AvgIpc) is 2.59. The number of aryl methyl sites for hydroxylation is 1. The number of nitrogens with zero attached hydrogens (tertiary/aromatic N) is 1. The lowest BCUT2D eigenvalue weighted by molar-refractivity contribution is -0.126. The zero-order valence-corrected chi connectivity index (χ0v) is 14.6. The molecule has 136 valence electrons. The highest BCUT2D eigenvalue weighted by molar-refractivity contribution is 6.01. The van der Waals surface area contributed by atoms with Crippen molar-refractivity contribution in [1.29, 1.82) is 0 Å². The Hall–Kier alpha value is -3.16. The maximum atomic E-state index is 12.6. The van der Waals surface area contributed by atoms with Gasteiger partial charge in [0, 0.05) is 36.8 Å². The summed E-state index contributed by atoms with van der Waals surface area (Å²) < 4.78 is 5.21. The van der Waals surface area contributed by atoms with Gasteiger partial charge in [0.2, 0.25) is 11.8 Å². The molecule has 2 aromatic rings. The zero-order valence-electron chi connectivity index (χ0n) is 14.6. The van der Waals surface area contributed by atoms with Crippen molar-refractivity contribution in [3.63, 3.8) is 0 Å². The van der Waals surface area contributed by atoms with Gasteiger partial charge in [-0.3, -0.25) is 14.4 Å². The molecule has 0 bridgehead atoms. The van der Waals surface area contributed by atoms with E-state index in [1.807, 2.05) is 0 Å². The number of carbonyl (C=O) groups is 2. The van der Waals surface area contributed by atoms with Crippen molar-refractivity contribution in [1.82, 2.24) is 15.3 Å². The Morgan fingerprint density at radius 2 is 2.15 bits per heavy atom. The smallest absolute Gasteiger partial charge is 0.251 e. The van der Waals surface area contributed by atoms with Crippen molar-refractivity contribution >= 4 is 17.5 Å². The van der Waals surface area contributed by atoms with Crippen LogP contribution >= 0.6 is 0 Å². The van der Waals surface area contributed by atoms with Crippen molar-refractivity contribution in [2.24, 2.45) is 0 Å². The van der Waals surface area contributed by atoms with Crippen LogP contribution in [0.4, 0.5) is 5.69 Å². The van der Waals surface area contributed by atoms with Crippen LogP contribution < -0.4 is 20.9 Å². The molecule has 3 rings (SSSR count). The van der Waals surface area contributed by atoms with Gasteiger partial charge in [0.05, 0.1) is 13.0 Å². The molecule has 1 aromatic heterocycles. The van der Waals surface area contributed by atoms with Crippen LogP contribution in [-0.4, -0.2) is 35.4 Å². The number of ether oxygens (including phenoxy) is 1. The predicted molar refractivity (Wildman–Crippen MR) is 95.3 cm³/mol. The quantitative estimate of drug-likeness (QED) is 0.736. The molecule has 8 nitrogen and oxygen atoms in total. The lowest BCUT2D eigenvalue weighted by Gasteiger charge is -2.25. The number of fused-ring (bicyclic) bond motifs is 1. The monoisotopic (exact) mass is 356 g/mol. The molecule has 1 aliphatic heterocycles. The molecule has 0 radical (unpaired) electrons. The summed E-state index contributed by atoms with van der Waals surface area (Å²) in [5, 5.41) is 5.58. The molecule has 26 heavy (non-hydrogen) atoms. The van der Waals surface area contributed by atoms with E-state index in [1.165, 1.54) is 6.07 Å². The van der Waals surface area contributed by atoms with Crippen LogP contribution in [0.15, 0.2) is 29.1 Å². The van der Waals surface area contributed by atoms with Gasteiger partial charge in [0.15, 0.2) is 0 Å². The third-order valence-corrected chi connectivity index (χ3v) is 4.19. The number of aromatic amines is 1. The Morgan fingerprint density at radius 3 is 2.88 bits per heavy atom. The van der Waals surface area contributed by atoms with E-state index in [9.17, 15) is 14.4 Å². The average molecular weight is 356 g/mol. The summed E-state index contributed by atoms with van der Waals surface area (Å²) in [4.78, 5) is 42.8. The second kappa shape index (κ2) is 7.38. The van der Waals surface area contributed by atoms with E-state index in [1.54, 1.807) is 32.2 Å². The van der Waals surface area contributed by atoms with Crippen LogP contribution in [0.2, 0.25) is 0 Å². The molecule has 0 saturated carbocycles. The number of benzene rings is 1. The van der Waals surface area contributed by atoms with Crippen LogP contribution in [0.1, 0.15) is 29.4 Å². The highest BCUT2D eigenvalue weighted by atomic mass is 16.5. The van der Waals surface area contributed by atoms with Gasteiger partial charge < -0.3 is 20.4 Å². The number of H-pyrrole nitrogens is 1. The molecular weight excluding hydrogens is 336 g/mol. The van der Waals surface area contributed by atoms with E-state index < -0.39 is 5.92 Å². The summed E-state index contributed by atoms with van der Waals surface area (Å²) in [6.45, 7) is 2.05. The Bertz CT molecular complexity index is 906. The van der Waals surface area contributed by atoms with Gasteiger partial charge in [-0.05, 0) is 30.7 Å². The zero-order chi connectivity index (χ0) is 18.7. The summed E-state index contributed by atoms with van der Waals surface area (Å²) in [6.07, 6.45) is 0.470. The van der Waals surface area contributed by atoms with Crippen LogP contribution in [0.5, 0.6) is 5.75 Å². The number of aromatic nitrogens is 2. The number of amides is 2. The molecule has 1 aliphatic rings. The highest BCUT2D eigenvalue weighted by Crippen LogP contribution is 2.34. The molecule has 8 heteroatoms. The van der Waals surface area contributed by atoms with Gasteiger partial charge in [-0.15, -0.1) is 0 Å². The van der Waals surface area contributed by atoms with Crippen LogP contribution in [0.3, 0.4) is 0 Å². The van der Waals surface area contributed by atoms with Gasteiger partial charge in [-0.2, -0.15) is 0 Å². The number of rotatable bonds is 5. The molecule has 0 unspecified atom stereocenters. The third kappa shape index (κ3) is 3.90. The Morgan fingerprint density at radius 1 is 1.35 bits per heavy atom. The first-order valence-corrected chi connectivity index (χ1v) is 8.28. The van der Waals surface area contributed by atoms with Crippen molar-refractivity contribution in [3.8, 4) is 5.75 Å². The maximum Gasteiger partial charge on any atom is 0.251 e. The van der Waals surface area contributed by atoms with Gasteiger partial charge in [-0.1, -0.05) is 0 Å². The second-order valence-electron chi connectivity index (χ2n) is 6.13. The van der Waals surface area contributed by atoms with Gasteiger partial charge in [-0.25, -0.2) is 4.98 Å². The largest absolute Gasteiger partial charge is 0.497 e. The number of methoxy groups -OCH3 is 1. The summed E-state index contributed by atoms with van der Waals surface area (Å²) >= 11 is 0. The van der Waals surface area contributed by atoms with Crippen molar-refractivity contribution < 1.29 is 14.3 Å². The van der Waals surface area contributed by atoms with Gasteiger partial charge in [0.25, 0.3) is 5.56 Å². The summed E-state index contributed by atoms with van der Waals surface area (Å²) in [5.74, 6) is 0.105. The summed E-state index contributed by atoms with van der Waals surface area (Å²) in [6, 6.07) is 6.64. The molecule has 3 N–H and O–H groups in total. The molecule has 0 spiro atoms. The minimum absolute atomic E-state index is 0.0749. The Kier molecular flexibility index (Phi) is 5.01. The number of anilines is 1. The standard InChI is InChI=1S/C18H20N4O4/c1-10-7-16(23)22-15(20-10)5-6-19-18(25)13-9-17(24)21-14-4-3-11(26-2)8-12(13)14/h3-4,7-8,13H,5-6,9H2,1-2H3,(H,19,25)(H,21,24)(H,20,22,23)/t13-/m1/s1. The van der Waals surface area contributed by atoms with Crippen molar-refractivity contribution in [2.75, 3.05) is 19.0 Å². The molecular formula is C18H20N4O4. The van der Waals surface area contributed by atoms with E-state index in [0.29, 0.717) is 35.9 Å². The van der Waals surface area contributed by atoms with Crippen molar-refractivity contribution in [3.05, 3.63) is 51.7 Å². The molecule has 0 fully saturated rings. The number of hydrogen-bond acceptors (Lipinski definition) is 5. The molecule has 1 aromatic carbocycles. The lowest BCUT2D eigenvalue weighted by Crippen LogP contribution is -2.36. The number of carbonyl (C=O) groups excluding carboxylic acids is 2. The number of nitrogens with one attached hydrogen (secondary N) is 3. The normalized spacial score (nSPS) is 15.8. The minimum Gasteiger partial charge on any atom is -0.497 e.